The lowest BCUT2D eigenvalue weighted by Crippen LogP contribution is -2.51. The molecule has 8 nitrogen and oxygen atoms in total. The van der Waals surface area contributed by atoms with Crippen LogP contribution in [-0.4, -0.2) is 74.2 Å². The van der Waals surface area contributed by atoms with E-state index in [4.69, 9.17) is 9.47 Å². The molecule has 3 aromatic rings. The Kier molecular flexibility index (Phi) is 7.29. The van der Waals surface area contributed by atoms with Crippen LogP contribution in [0.5, 0.6) is 11.5 Å². The maximum atomic E-state index is 12.9. The van der Waals surface area contributed by atoms with Crippen LogP contribution in [-0.2, 0) is 11.2 Å². The standard InChI is InChI=1S/C24H29N5O3S/c1-27(24-25-22(26-33-24)16-18-7-6-8-19(15-18)31-2)17-23(30)29-13-11-28(12-14-29)20-9-4-5-10-21(20)32-3/h4-10,15H,11-14,16-17H2,1-3H3. The minimum atomic E-state index is 0.0988. The van der Waals surface area contributed by atoms with Gasteiger partial charge in [-0.05, 0) is 29.8 Å². The number of rotatable bonds is 8. The number of carbonyl (C=O) groups is 1. The van der Waals surface area contributed by atoms with Crippen molar-refractivity contribution in [2.24, 2.45) is 0 Å². The summed E-state index contributed by atoms with van der Waals surface area (Å²) >= 11 is 1.32. The average Bonchev–Trinajstić information content (AvgIpc) is 3.32. The lowest BCUT2D eigenvalue weighted by Gasteiger charge is -2.37. The molecule has 0 atom stereocenters. The molecule has 2 heterocycles. The summed E-state index contributed by atoms with van der Waals surface area (Å²) in [6, 6.07) is 15.9. The fraction of sp³-hybridized carbons (Fsp3) is 0.375. The van der Waals surface area contributed by atoms with Crippen LogP contribution in [0.4, 0.5) is 10.8 Å². The highest BCUT2D eigenvalue weighted by Gasteiger charge is 2.24. The monoisotopic (exact) mass is 467 g/mol. The van der Waals surface area contributed by atoms with Gasteiger partial charge in [-0.15, -0.1) is 0 Å². The Labute approximate surface area is 198 Å². The first-order valence-corrected chi connectivity index (χ1v) is 11.7. The van der Waals surface area contributed by atoms with E-state index in [1.165, 1.54) is 11.5 Å². The van der Waals surface area contributed by atoms with Crippen LogP contribution in [0.1, 0.15) is 11.4 Å². The van der Waals surface area contributed by atoms with Gasteiger partial charge in [0.2, 0.25) is 11.0 Å². The lowest BCUT2D eigenvalue weighted by molar-refractivity contribution is -0.129. The number of para-hydroxylation sites is 2. The summed E-state index contributed by atoms with van der Waals surface area (Å²) in [5, 5.41) is 0.744. The van der Waals surface area contributed by atoms with Crippen molar-refractivity contribution in [1.82, 2.24) is 14.3 Å². The summed E-state index contributed by atoms with van der Waals surface area (Å²) in [4.78, 5) is 23.6. The molecule has 1 aliphatic heterocycles. The molecule has 1 amide bonds. The fourth-order valence-corrected chi connectivity index (χ4v) is 4.54. The van der Waals surface area contributed by atoms with Crippen molar-refractivity contribution >= 4 is 28.3 Å². The van der Waals surface area contributed by atoms with Gasteiger partial charge in [-0.25, -0.2) is 4.98 Å². The number of benzene rings is 2. The number of anilines is 2. The summed E-state index contributed by atoms with van der Waals surface area (Å²) in [6.07, 6.45) is 0.625. The molecule has 174 valence electrons. The maximum Gasteiger partial charge on any atom is 0.242 e. The van der Waals surface area contributed by atoms with Crippen LogP contribution < -0.4 is 19.3 Å². The quantitative estimate of drug-likeness (QED) is 0.504. The van der Waals surface area contributed by atoms with Crippen molar-refractivity contribution in [3.05, 3.63) is 59.9 Å². The minimum Gasteiger partial charge on any atom is -0.497 e. The first kappa shape index (κ1) is 22.8. The van der Waals surface area contributed by atoms with Gasteiger partial charge >= 0.3 is 0 Å². The molecule has 2 aromatic carbocycles. The van der Waals surface area contributed by atoms with Crippen LogP contribution >= 0.6 is 11.5 Å². The van der Waals surface area contributed by atoms with Gasteiger partial charge in [-0.1, -0.05) is 24.3 Å². The van der Waals surface area contributed by atoms with Crippen molar-refractivity contribution in [2.45, 2.75) is 6.42 Å². The van der Waals surface area contributed by atoms with E-state index in [1.807, 2.05) is 59.3 Å². The van der Waals surface area contributed by atoms with Crippen molar-refractivity contribution in [3.8, 4) is 11.5 Å². The second kappa shape index (κ2) is 10.5. The first-order chi connectivity index (χ1) is 16.1. The number of piperazine rings is 1. The Bertz CT molecular complexity index is 1080. The summed E-state index contributed by atoms with van der Waals surface area (Å²) in [5.74, 6) is 2.52. The second-order valence-corrected chi connectivity index (χ2v) is 8.65. The number of carbonyl (C=O) groups excluding carboxylic acids is 1. The van der Waals surface area contributed by atoms with Gasteiger partial charge in [0.15, 0.2) is 0 Å². The van der Waals surface area contributed by atoms with Crippen molar-refractivity contribution in [3.63, 3.8) is 0 Å². The fourth-order valence-electron chi connectivity index (χ4n) is 3.89. The molecule has 0 bridgehead atoms. The molecule has 0 saturated carbocycles. The average molecular weight is 468 g/mol. The highest BCUT2D eigenvalue weighted by Crippen LogP contribution is 2.28. The topological polar surface area (TPSA) is 71.0 Å². The zero-order chi connectivity index (χ0) is 23.2. The number of amides is 1. The zero-order valence-electron chi connectivity index (χ0n) is 19.2. The van der Waals surface area contributed by atoms with E-state index in [0.29, 0.717) is 19.5 Å². The van der Waals surface area contributed by atoms with Gasteiger partial charge in [0.1, 0.15) is 17.3 Å². The van der Waals surface area contributed by atoms with E-state index >= 15 is 0 Å². The third kappa shape index (κ3) is 5.54. The molecule has 9 heteroatoms. The van der Waals surface area contributed by atoms with Crippen LogP contribution in [0.2, 0.25) is 0 Å². The molecule has 4 rings (SSSR count). The number of hydrogen-bond acceptors (Lipinski definition) is 8. The van der Waals surface area contributed by atoms with Crippen molar-refractivity contribution in [1.29, 1.82) is 0 Å². The number of likely N-dealkylation sites (N-methyl/N-ethyl adjacent to an activating group) is 1. The maximum absolute atomic E-state index is 12.9. The normalized spacial score (nSPS) is 13.7. The molecule has 1 aliphatic rings. The largest absolute Gasteiger partial charge is 0.497 e. The molecule has 0 N–H and O–H groups in total. The lowest BCUT2D eigenvalue weighted by atomic mass is 10.1. The second-order valence-electron chi connectivity index (χ2n) is 7.92. The molecular formula is C24H29N5O3S. The molecule has 33 heavy (non-hydrogen) atoms. The SMILES string of the molecule is COc1cccc(Cc2nsc(N(C)CC(=O)N3CCN(c4ccccc4OC)CC3)n2)c1. The van der Waals surface area contributed by atoms with Crippen LogP contribution in [0, 0.1) is 0 Å². The third-order valence-corrected chi connectivity index (χ3v) is 6.58. The number of nitrogens with zero attached hydrogens (tertiary/aromatic N) is 5. The van der Waals surface area contributed by atoms with E-state index in [-0.39, 0.29) is 12.5 Å². The summed E-state index contributed by atoms with van der Waals surface area (Å²) in [6.45, 7) is 3.20. The van der Waals surface area contributed by atoms with Crippen LogP contribution in [0.3, 0.4) is 0 Å². The number of aromatic nitrogens is 2. The minimum absolute atomic E-state index is 0.0988. The van der Waals surface area contributed by atoms with E-state index in [0.717, 1.165) is 46.8 Å². The number of hydrogen-bond donors (Lipinski definition) is 0. The Morgan fingerprint density at radius 2 is 1.85 bits per heavy atom. The van der Waals surface area contributed by atoms with Crippen molar-refractivity contribution < 1.29 is 14.3 Å². The Hall–Kier alpha value is -3.33. The predicted octanol–water partition coefficient (Wildman–Crippen LogP) is 2.93. The molecule has 1 saturated heterocycles. The molecule has 0 aliphatic carbocycles. The molecule has 0 radical (unpaired) electrons. The van der Waals surface area contributed by atoms with E-state index in [9.17, 15) is 4.79 Å². The predicted molar refractivity (Wildman–Crippen MR) is 131 cm³/mol. The molecule has 0 spiro atoms. The summed E-state index contributed by atoms with van der Waals surface area (Å²) in [7, 11) is 5.23. The smallest absolute Gasteiger partial charge is 0.242 e. The Morgan fingerprint density at radius 1 is 1.06 bits per heavy atom. The van der Waals surface area contributed by atoms with Gasteiger partial charge in [0.25, 0.3) is 0 Å². The van der Waals surface area contributed by atoms with E-state index in [1.54, 1.807) is 14.2 Å². The molecule has 1 fully saturated rings. The van der Waals surface area contributed by atoms with Gasteiger partial charge < -0.3 is 24.2 Å². The van der Waals surface area contributed by atoms with E-state index < -0.39 is 0 Å². The number of methoxy groups -OCH3 is 2. The van der Waals surface area contributed by atoms with Gasteiger partial charge in [0, 0.05) is 51.2 Å². The van der Waals surface area contributed by atoms with Gasteiger partial charge in [-0.3, -0.25) is 4.79 Å². The summed E-state index contributed by atoms with van der Waals surface area (Å²) < 4.78 is 15.2. The molecule has 0 unspecified atom stereocenters. The zero-order valence-corrected chi connectivity index (χ0v) is 20.0. The third-order valence-electron chi connectivity index (χ3n) is 5.71. The Balaban J connectivity index is 1.30. The number of ether oxygens (including phenoxy) is 2. The van der Waals surface area contributed by atoms with Crippen molar-refractivity contribution in [2.75, 3.05) is 63.8 Å². The Morgan fingerprint density at radius 3 is 2.61 bits per heavy atom. The summed E-state index contributed by atoms with van der Waals surface area (Å²) in [5.41, 5.74) is 2.16. The highest BCUT2D eigenvalue weighted by molar-refractivity contribution is 7.09. The molecule has 1 aromatic heterocycles. The molecular weight excluding hydrogens is 438 g/mol. The van der Waals surface area contributed by atoms with E-state index in [2.05, 4.69) is 20.3 Å². The van der Waals surface area contributed by atoms with Crippen LogP contribution in [0.25, 0.3) is 0 Å². The van der Waals surface area contributed by atoms with Gasteiger partial charge in [0.05, 0.1) is 26.5 Å². The first-order valence-electron chi connectivity index (χ1n) is 10.9. The highest BCUT2D eigenvalue weighted by atomic mass is 32.1. The van der Waals surface area contributed by atoms with Crippen LogP contribution in [0.15, 0.2) is 48.5 Å². The van der Waals surface area contributed by atoms with Gasteiger partial charge in [-0.2, -0.15) is 4.37 Å².